The normalized spacial score (nSPS) is 17.7. The number of halogens is 1. The van der Waals surface area contributed by atoms with Crippen molar-refractivity contribution in [3.63, 3.8) is 0 Å². The maximum Gasteiger partial charge on any atom is 0.274 e. The number of carbonyl (C=O) groups excluding carboxylic acids is 1. The predicted molar refractivity (Wildman–Crippen MR) is 117 cm³/mol. The van der Waals surface area contributed by atoms with Crippen LogP contribution in [0.15, 0.2) is 29.6 Å². The van der Waals surface area contributed by atoms with E-state index in [0.717, 1.165) is 12.5 Å². The largest absolute Gasteiger partial charge is 0.493 e. The van der Waals surface area contributed by atoms with Crippen molar-refractivity contribution >= 4 is 37.2 Å². The summed E-state index contributed by atoms with van der Waals surface area (Å²) in [6.45, 7) is 0.0217. The van der Waals surface area contributed by atoms with Gasteiger partial charge in [-0.25, -0.2) is 26.8 Å². The van der Waals surface area contributed by atoms with Crippen LogP contribution in [-0.4, -0.2) is 75.6 Å². The predicted octanol–water partition coefficient (Wildman–Crippen LogP) is 1.38. The third kappa shape index (κ3) is 5.30. The number of hydrogen-bond acceptors (Lipinski definition) is 9. The van der Waals surface area contributed by atoms with E-state index < -0.39 is 36.8 Å². The highest BCUT2D eigenvalue weighted by Crippen LogP contribution is 2.30. The van der Waals surface area contributed by atoms with E-state index in [9.17, 15) is 21.6 Å². The van der Waals surface area contributed by atoms with E-state index in [1.807, 2.05) is 0 Å². The van der Waals surface area contributed by atoms with Gasteiger partial charge < -0.3 is 14.4 Å². The molecule has 1 aromatic carbocycles. The third-order valence-electron chi connectivity index (χ3n) is 4.97. The molecule has 0 radical (unpaired) electrons. The van der Waals surface area contributed by atoms with Crippen LogP contribution in [0.25, 0.3) is 0 Å². The Morgan fingerprint density at radius 1 is 1.25 bits per heavy atom. The van der Waals surface area contributed by atoms with Gasteiger partial charge in [0, 0.05) is 18.8 Å². The molecule has 3 rings (SSSR count). The van der Waals surface area contributed by atoms with Gasteiger partial charge in [-0.05, 0) is 24.1 Å². The first-order valence-electron chi connectivity index (χ1n) is 9.40. The summed E-state index contributed by atoms with van der Waals surface area (Å²) in [7, 11) is -4.14. The summed E-state index contributed by atoms with van der Waals surface area (Å²) in [6.07, 6.45) is 2.19. The van der Waals surface area contributed by atoms with Gasteiger partial charge >= 0.3 is 0 Å². The van der Waals surface area contributed by atoms with E-state index in [1.165, 1.54) is 19.1 Å². The molecule has 13 heteroatoms. The Bertz CT molecular complexity index is 1250. The summed E-state index contributed by atoms with van der Waals surface area (Å²) in [5, 5.41) is -0.684. The van der Waals surface area contributed by atoms with Gasteiger partial charge in [0.05, 0.1) is 36.9 Å². The highest BCUT2D eigenvalue weighted by atomic mass is 35.5. The molecule has 1 fully saturated rings. The number of carbonyl (C=O) groups is 1. The number of benzene rings is 1. The van der Waals surface area contributed by atoms with Gasteiger partial charge in [0.15, 0.2) is 27.0 Å². The minimum absolute atomic E-state index is 0.0217. The lowest BCUT2D eigenvalue weighted by molar-refractivity contribution is 0.0673. The number of amides is 1. The average molecular weight is 504 g/mol. The number of rotatable bonds is 7. The molecule has 1 aliphatic heterocycles. The van der Waals surface area contributed by atoms with Crippen molar-refractivity contribution in [2.24, 2.45) is 0 Å². The fourth-order valence-electron chi connectivity index (χ4n) is 3.38. The van der Waals surface area contributed by atoms with Crippen molar-refractivity contribution in [1.82, 2.24) is 14.9 Å². The second-order valence-corrected chi connectivity index (χ2v) is 11.8. The molecular weight excluding hydrogens is 482 g/mol. The zero-order valence-corrected chi connectivity index (χ0v) is 20.0. The van der Waals surface area contributed by atoms with E-state index in [2.05, 4.69) is 9.97 Å². The molecule has 2 aromatic rings. The number of ether oxygens (including phenoxy) is 2. The lowest BCUT2D eigenvalue weighted by Gasteiger charge is -2.28. The first-order chi connectivity index (χ1) is 14.9. The van der Waals surface area contributed by atoms with Crippen molar-refractivity contribution in [3.05, 3.63) is 40.7 Å². The summed E-state index contributed by atoms with van der Waals surface area (Å²) in [6, 6.07) is 4.43. The number of aromatic nitrogens is 2. The van der Waals surface area contributed by atoms with Crippen LogP contribution in [0.3, 0.4) is 0 Å². The molecule has 1 aromatic heterocycles. The number of methoxy groups -OCH3 is 2. The van der Waals surface area contributed by atoms with E-state index >= 15 is 0 Å². The first-order valence-corrected chi connectivity index (χ1v) is 13.5. The Labute approximate surface area is 191 Å². The molecule has 10 nitrogen and oxygen atoms in total. The molecule has 0 unspecified atom stereocenters. The van der Waals surface area contributed by atoms with E-state index in [-0.39, 0.29) is 35.2 Å². The molecule has 1 atom stereocenters. The molecule has 0 bridgehead atoms. The lowest BCUT2D eigenvalue weighted by Crippen LogP contribution is -2.41. The SMILES string of the molecule is COc1ccc(CN(C(=O)c2nc(S(C)(=O)=O)ncc2Cl)[C@@H]2CCS(=O)(=O)C2)cc1OC. The maximum absolute atomic E-state index is 13.4. The highest BCUT2D eigenvalue weighted by molar-refractivity contribution is 7.91. The molecule has 1 aliphatic rings. The van der Waals surface area contributed by atoms with Crippen LogP contribution in [0.4, 0.5) is 0 Å². The average Bonchev–Trinajstić information content (AvgIpc) is 3.10. The van der Waals surface area contributed by atoms with Gasteiger partial charge in [0.2, 0.25) is 15.0 Å². The number of hydrogen-bond donors (Lipinski definition) is 0. The second kappa shape index (κ2) is 9.20. The first kappa shape index (κ1) is 24.2. The Morgan fingerprint density at radius 3 is 2.50 bits per heavy atom. The van der Waals surface area contributed by atoms with E-state index in [1.54, 1.807) is 18.2 Å². The smallest absolute Gasteiger partial charge is 0.274 e. The molecule has 0 N–H and O–H groups in total. The Kier molecular flexibility index (Phi) is 6.96. The van der Waals surface area contributed by atoms with Crippen molar-refractivity contribution in [2.45, 2.75) is 24.2 Å². The van der Waals surface area contributed by atoms with Crippen LogP contribution in [0.1, 0.15) is 22.5 Å². The van der Waals surface area contributed by atoms with Crippen molar-refractivity contribution in [2.75, 3.05) is 32.0 Å². The fourth-order valence-corrected chi connectivity index (χ4v) is 5.78. The van der Waals surface area contributed by atoms with Crippen LogP contribution < -0.4 is 9.47 Å². The number of nitrogens with zero attached hydrogens (tertiary/aromatic N) is 3. The van der Waals surface area contributed by atoms with Crippen LogP contribution >= 0.6 is 11.6 Å². The van der Waals surface area contributed by atoms with Gasteiger partial charge in [-0.3, -0.25) is 4.79 Å². The minimum Gasteiger partial charge on any atom is -0.493 e. The minimum atomic E-state index is -3.79. The third-order valence-corrected chi connectivity index (χ3v) is 7.85. The van der Waals surface area contributed by atoms with Gasteiger partial charge in [-0.15, -0.1) is 0 Å². The van der Waals surface area contributed by atoms with E-state index in [4.69, 9.17) is 21.1 Å². The van der Waals surface area contributed by atoms with Gasteiger partial charge in [0.1, 0.15) is 0 Å². The summed E-state index contributed by atoms with van der Waals surface area (Å²) >= 11 is 6.12. The molecule has 0 aliphatic carbocycles. The summed E-state index contributed by atoms with van der Waals surface area (Å²) in [5.41, 5.74) is 0.334. The van der Waals surface area contributed by atoms with Gasteiger partial charge in [-0.2, -0.15) is 0 Å². The number of sulfone groups is 2. The molecule has 2 heterocycles. The molecular formula is C19H22ClN3O7S2. The van der Waals surface area contributed by atoms with Crippen LogP contribution in [0, 0.1) is 0 Å². The maximum atomic E-state index is 13.4. The van der Waals surface area contributed by atoms with Crippen molar-refractivity contribution < 1.29 is 31.1 Å². The fraction of sp³-hybridized carbons (Fsp3) is 0.421. The van der Waals surface area contributed by atoms with Crippen LogP contribution in [0.5, 0.6) is 11.5 Å². The zero-order valence-electron chi connectivity index (χ0n) is 17.6. The van der Waals surface area contributed by atoms with E-state index in [0.29, 0.717) is 17.1 Å². The molecule has 1 amide bonds. The molecule has 0 saturated carbocycles. The second-order valence-electron chi connectivity index (χ2n) is 7.30. The molecule has 0 spiro atoms. The topological polar surface area (TPSA) is 133 Å². The lowest BCUT2D eigenvalue weighted by atomic mass is 10.1. The molecule has 32 heavy (non-hydrogen) atoms. The molecule has 1 saturated heterocycles. The van der Waals surface area contributed by atoms with Crippen LogP contribution in [-0.2, 0) is 26.2 Å². The Morgan fingerprint density at radius 2 is 1.94 bits per heavy atom. The Hall–Kier alpha value is -2.44. The quantitative estimate of drug-likeness (QED) is 0.513. The standard InChI is InChI=1S/C19H22ClN3O7S2/c1-29-15-5-4-12(8-16(15)30-2)10-23(13-6-7-32(27,28)11-13)18(24)17-14(20)9-21-19(22-17)31(3,25)26/h4-5,8-9,13H,6-7,10-11H2,1-3H3/t13-/m1/s1. The van der Waals surface area contributed by atoms with Crippen molar-refractivity contribution in [3.8, 4) is 11.5 Å². The monoisotopic (exact) mass is 503 g/mol. The zero-order chi connectivity index (χ0) is 23.7. The summed E-state index contributed by atoms with van der Waals surface area (Å²) in [5.74, 6) is -0.0306. The highest BCUT2D eigenvalue weighted by Gasteiger charge is 2.36. The van der Waals surface area contributed by atoms with Crippen molar-refractivity contribution in [1.29, 1.82) is 0 Å². The van der Waals surface area contributed by atoms with Gasteiger partial charge in [-0.1, -0.05) is 17.7 Å². The van der Waals surface area contributed by atoms with Gasteiger partial charge in [0.25, 0.3) is 5.91 Å². The van der Waals surface area contributed by atoms with Crippen LogP contribution in [0.2, 0.25) is 5.02 Å². The molecule has 174 valence electrons. The summed E-state index contributed by atoms with van der Waals surface area (Å²) in [4.78, 5) is 22.3. The Balaban J connectivity index is 2.03. The summed E-state index contributed by atoms with van der Waals surface area (Å²) < 4.78 is 58.4.